The Hall–Kier alpha value is -4.75. The number of benzene rings is 4. The first-order valence-corrected chi connectivity index (χ1v) is 11.9. The van der Waals surface area contributed by atoms with Crippen molar-refractivity contribution in [1.29, 1.82) is 0 Å². The van der Waals surface area contributed by atoms with Crippen LogP contribution in [0.4, 0.5) is 5.69 Å². The van der Waals surface area contributed by atoms with Crippen molar-refractivity contribution < 1.29 is 19.1 Å². The van der Waals surface area contributed by atoms with Crippen LogP contribution in [0.1, 0.15) is 5.56 Å². The van der Waals surface area contributed by atoms with Crippen molar-refractivity contribution in [2.24, 2.45) is 0 Å². The Kier molecular flexibility index (Phi) is 6.78. The van der Waals surface area contributed by atoms with E-state index in [1.165, 1.54) is 4.90 Å². The fraction of sp³-hybridized carbons (Fsp3) is 0.0333. The minimum Gasteiger partial charge on any atom is -0.497 e. The van der Waals surface area contributed by atoms with E-state index < -0.39 is 11.8 Å². The number of hydrogen-bond donors (Lipinski definition) is 1. The lowest BCUT2D eigenvalue weighted by Gasteiger charge is -2.29. The number of nitrogens with zero attached hydrogens (tertiary/aromatic N) is 1. The largest absolute Gasteiger partial charge is 0.497 e. The zero-order valence-electron chi connectivity index (χ0n) is 19.9. The summed E-state index contributed by atoms with van der Waals surface area (Å²) in [5.74, 6) is 1.01. The van der Waals surface area contributed by atoms with Gasteiger partial charge in [0.05, 0.1) is 12.8 Å². The van der Waals surface area contributed by atoms with Crippen molar-refractivity contribution in [2.75, 3.05) is 12.0 Å². The second-order valence-electron chi connectivity index (χ2n) is 8.18. The Morgan fingerprint density at radius 3 is 2.08 bits per heavy atom. The summed E-state index contributed by atoms with van der Waals surface area (Å²) in [6.07, 6.45) is 1.60. The third kappa shape index (κ3) is 5.12. The van der Waals surface area contributed by atoms with Gasteiger partial charge in [0.1, 0.15) is 22.8 Å². The first kappa shape index (κ1) is 24.0. The van der Waals surface area contributed by atoms with Gasteiger partial charge < -0.3 is 9.47 Å². The van der Waals surface area contributed by atoms with Crippen molar-refractivity contribution in [2.45, 2.75) is 0 Å². The molecule has 0 saturated carbocycles. The van der Waals surface area contributed by atoms with Crippen LogP contribution in [0.2, 0.25) is 0 Å². The lowest BCUT2D eigenvalue weighted by molar-refractivity contribution is -0.122. The average Bonchev–Trinajstić information content (AvgIpc) is 2.93. The van der Waals surface area contributed by atoms with Gasteiger partial charge in [0.15, 0.2) is 5.11 Å². The van der Waals surface area contributed by atoms with Gasteiger partial charge >= 0.3 is 0 Å². The minimum absolute atomic E-state index is 0.0147. The molecular weight excluding hydrogens is 484 g/mol. The van der Waals surface area contributed by atoms with E-state index in [0.717, 1.165) is 22.4 Å². The summed E-state index contributed by atoms with van der Waals surface area (Å²) in [6.45, 7) is 0. The van der Waals surface area contributed by atoms with E-state index >= 15 is 0 Å². The molecule has 7 heteroatoms. The third-order valence-corrected chi connectivity index (χ3v) is 6.12. The van der Waals surface area contributed by atoms with Crippen LogP contribution in [0, 0.1) is 0 Å². The number of para-hydroxylation sites is 1. The van der Waals surface area contributed by atoms with E-state index in [1.54, 1.807) is 37.5 Å². The summed E-state index contributed by atoms with van der Waals surface area (Å²) in [5, 5.41) is 2.66. The van der Waals surface area contributed by atoms with E-state index in [0.29, 0.717) is 17.2 Å². The van der Waals surface area contributed by atoms with Gasteiger partial charge in [0, 0.05) is 0 Å². The molecule has 0 atom stereocenters. The molecule has 0 radical (unpaired) electrons. The molecule has 5 rings (SSSR count). The summed E-state index contributed by atoms with van der Waals surface area (Å²) in [4.78, 5) is 27.7. The normalized spacial score (nSPS) is 14.5. The Bertz CT molecular complexity index is 1500. The SMILES string of the molecule is COc1ccc(-c2ccccc2C=C2C(=O)NC(=S)N(c3ccc(Oc4ccccc4)cc3)C2=O)cc1. The summed E-state index contributed by atoms with van der Waals surface area (Å²) in [6, 6.07) is 31.5. The molecule has 1 fully saturated rings. The average molecular weight is 507 g/mol. The molecular formula is C30H22N2O4S. The summed E-state index contributed by atoms with van der Waals surface area (Å²) in [7, 11) is 1.61. The van der Waals surface area contributed by atoms with Crippen LogP contribution in [0.3, 0.4) is 0 Å². The van der Waals surface area contributed by atoms with Gasteiger partial charge in [-0.05, 0) is 83.5 Å². The monoisotopic (exact) mass is 506 g/mol. The van der Waals surface area contributed by atoms with Crippen LogP contribution in [0.15, 0.2) is 109 Å². The molecule has 1 saturated heterocycles. The highest BCUT2D eigenvalue weighted by atomic mass is 32.1. The molecule has 0 bridgehead atoms. The van der Waals surface area contributed by atoms with Gasteiger partial charge in [-0.1, -0.05) is 54.6 Å². The third-order valence-electron chi connectivity index (χ3n) is 5.84. The number of amides is 2. The van der Waals surface area contributed by atoms with Crippen LogP contribution < -0.4 is 19.7 Å². The highest BCUT2D eigenvalue weighted by molar-refractivity contribution is 7.80. The molecule has 2 amide bonds. The number of thiocarbonyl (C=S) groups is 1. The topological polar surface area (TPSA) is 67.9 Å². The second-order valence-corrected chi connectivity index (χ2v) is 8.57. The molecule has 1 aliphatic heterocycles. The Balaban J connectivity index is 1.45. The van der Waals surface area contributed by atoms with Crippen LogP contribution in [-0.4, -0.2) is 24.0 Å². The zero-order valence-corrected chi connectivity index (χ0v) is 20.7. The van der Waals surface area contributed by atoms with Crippen molar-refractivity contribution in [1.82, 2.24) is 5.32 Å². The second kappa shape index (κ2) is 10.5. The lowest BCUT2D eigenvalue weighted by atomic mass is 9.97. The van der Waals surface area contributed by atoms with E-state index in [1.807, 2.05) is 78.9 Å². The number of rotatable bonds is 6. The van der Waals surface area contributed by atoms with Crippen LogP contribution in [0.25, 0.3) is 17.2 Å². The molecule has 6 nitrogen and oxygen atoms in total. The standard InChI is InChI=1S/C30H22N2O4S/c1-35-23-15-11-20(12-16-23)26-10-6-5-7-21(26)19-27-28(33)31-30(37)32(29(27)34)22-13-17-25(18-14-22)36-24-8-3-2-4-9-24/h2-19H,1H3,(H,31,33,37). The lowest BCUT2D eigenvalue weighted by Crippen LogP contribution is -2.54. The van der Waals surface area contributed by atoms with Crippen LogP contribution >= 0.6 is 12.2 Å². The van der Waals surface area contributed by atoms with Gasteiger partial charge in [-0.25, -0.2) is 0 Å². The number of anilines is 1. The molecule has 182 valence electrons. The molecule has 37 heavy (non-hydrogen) atoms. The van der Waals surface area contributed by atoms with Gasteiger partial charge in [-0.2, -0.15) is 0 Å². The number of ether oxygens (including phenoxy) is 2. The van der Waals surface area contributed by atoms with Crippen LogP contribution in [0.5, 0.6) is 17.2 Å². The number of carbonyl (C=O) groups excluding carboxylic acids is 2. The number of carbonyl (C=O) groups is 2. The molecule has 0 aromatic heterocycles. The predicted octanol–water partition coefficient (Wildman–Crippen LogP) is 5.99. The minimum atomic E-state index is -0.542. The van der Waals surface area contributed by atoms with Gasteiger partial charge in [0.2, 0.25) is 0 Å². The molecule has 4 aromatic rings. The van der Waals surface area contributed by atoms with E-state index in [4.69, 9.17) is 21.7 Å². The fourth-order valence-corrected chi connectivity index (χ4v) is 4.27. The number of nitrogens with one attached hydrogen (secondary N) is 1. The van der Waals surface area contributed by atoms with Gasteiger partial charge in [0.25, 0.3) is 11.8 Å². The smallest absolute Gasteiger partial charge is 0.270 e. The summed E-state index contributed by atoms with van der Waals surface area (Å²) < 4.78 is 11.1. The molecule has 1 aliphatic rings. The van der Waals surface area contributed by atoms with E-state index in [-0.39, 0.29) is 10.7 Å². The van der Waals surface area contributed by atoms with Crippen molar-refractivity contribution >= 4 is 40.9 Å². The molecule has 1 heterocycles. The van der Waals surface area contributed by atoms with Crippen molar-refractivity contribution in [3.8, 4) is 28.4 Å². The Morgan fingerprint density at radius 2 is 1.38 bits per heavy atom. The highest BCUT2D eigenvalue weighted by Crippen LogP contribution is 2.30. The quantitative estimate of drug-likeness (QED) is 0.198. The van der Waals surface area contributed by atoms with Crippen molar-refractivity contribution in [3.05, 3.63) is 114 Å². The van der Waals surface area contributed by atoms with Gasteiger partial charge in [-0.3, -0.25) is 19.8 Å². The first-order chi connectivity index (χ1) is 18.0. The maximum Gasteiger partial charge on any atom is 0.270 e. The summed E-state index contributed by atoms with van der Waals surface area (Å²) >= 11 is 5.35. The molecule has 4 aromatic carbocycles. The van der Waals surface area contributed by atoms with Gasteiger partial charge in [-0.15, -0.1) is 0 Å². The summed E-state index contributed by atoms with van der Waals surface area (Å²) in [5.41, 5.74) is 3.04. The molecule has 1 N–H and O–H groups in total. The molecule has 0 unspecified atom stereocenters. The van der Waals surface area contributed by atoms with Crippen LogP contribution in [-0.2, 0) is 9.59 Å². The number of methoxy groups -OCH3 is 1. The Labute approximate surface area is 219 Å². The number of hydrogen-bond acceptors (Lipinski definition) is 5. The fourth-order valence-electron chi connectivity index (χ4n) is 3.99. The molecule has 0 spiro atoms. The highest BCUT2D eigenvalue weighted by Gasteiger charge is 2.34. The Morgan fingerprint density at radius 1 is 0.757 bits per heavy atom. The van der Waals surface area contributed by atoms with Crippen molar-refractivity contribution in [3.63, 3.8) is 0 Å². The zero-order chi connectivity index (χ0) is 25.8. The molecule has 0 aliphatic carbocycles. The first-order valence-electron chi connectivity index (χ1n) is 11.5. The maximum absolute atomic E-state index is 13.5. The predicted molar refractivity (Wildman–Crippen MR) is 148 cm³/mol. The maximum atomic E-state index is 13.5. The van der Waals surface area contributed by atoms with E-state index in [9.17, 15) is 9.59 Å². The van der Waals surface area contributed by atoms with E-state index in [2.05, 4.69) is 5.32 Å².